The summed E-state index contributed by atoms with van der Waals surface area (Å²) >= 11 is 0. The summed E-state index contributed by atoms with van der Waals surface area (Å²) < 4.78 is 41.5. The minimum Gasteiger partial charge on any atom is -0.451 e. The molecule has 3 aromatic rings. The van der Waals surface area contributed by atoms with Crippen LogP contribution in [0.2, 0.25) is 0 Å². The molecule has 2 aromatic carbocycles. The van der Waals surface area contributed by atoms with Gasteiger partial charge in [0, 0.05) is 49.7 Å². The van der Waals surface area contributed by atoms with Crippen molar-refractivity contribution in [1.82, 2.24) is 25.1 Å². The molecule has 4 bridgehead atoms. The van der Waals surface area contributed by atoms with Gasteiger partial charge in [-0.3, -0.25) is 14.5 Å². The molecule has 0 radical (unpaired) electrons. The predicted molar refractivity (Wildman–Crippen MR) is 181 cm³/mol. The average Bonchev–Trinajstić information content (AvgIpc) is 3.42. The highest BCUT2D eigenvalue weighted by Crippen LogP contribution is 2.36. The van der Waals surface area contributed by atoms with Gasteiger partial charge in [0.05, 0.1) is 10.6 Å². The number of fused-ring (bicyclic) bond motifs is 4. The summed E-state index contributed by atoms with van der Waals surface area (Å²) in [5, 5.41) is 3.01. The third-order valence-corrected chi connectivity index (χ3v) is 10.6. The number of aryl methyl sites for hydroxylation is 2. The maximum atomic E-state index is 14.1. The van der Waals surface area contributed by atoms with Gasteiger partial charge in [-0.25, -0.2) is 22.9 Å². The quantitative estimate of drug-likeness (QED) is 0.385. The highest BCUT2D eigenvalue weighted by atomic mass is 32.2. The van der Waals surface area contributed by atoms with E-state index in [1.54, 1.807) is 38.7 Å². The molecule has 49 heavy (non-hydrogen) atoms. The van der Waals surface area contributed by atoms with Gasteiger partial charge in [0.2, 0.25) is 17.7 Å². The first kappa shape index (κ1) is 34.2. The lowest BCUT2D eigenvalue weighted by molar-refractivity contribution is -0.145. The van der Waals surface area contributed by atoms with Crippen molar-refractivity contribution in [1.29, 1.82) is 0 Å². The number of likely N-dealkylation sites (tertiary alicyclic amines) is 2. The fraction of sp³-hybridized carbons (Fsp3) is 0.457. The fourth-order valence-electron chi connectivity index (χ4n) is 6.79. The molecule has 6 rings (SSSR count). The first-order chi connectivity index (χ1) is 23.0. The summed E-state index contributed by atoms with van der Waals surface area (Å²) in [5.74, 6) is -0.880. The number of carbonyl (C=O) groups excluding carboxylic acids is 3. The Morgan fingerprint density at radius 1 is 0.959 bits per heavy atom. The molecule has 260 valence electrons. The van der Waals surface area contributed by atoms with Crippen LogP contribution in [0.25, 0.3) is 11.3 Å². The van der Waals surface area contributed by atoms with Gasteiger partial charge in [0.25, 0.3) is 15.9 Å². The number of nitrogens with zero attached hydrogens (tertiary/aromatic N) is 4. The Morgan fingerprint density at radius 3 is 2.31 bits per heavy atom. The second-order valence-corrected chi connectivity index (χ2v) is 15.8. The van der Waals surface area contributed by atoms with E-state index < -0.39 is 38.9 Å². The number of hydrogen-bond acceptors (Lipinski definition) is 9. The van der Waals surface area contributed by atoms with Gasteiger partial charge in [-0.05, 0) is 83.7 Å². The van der Waals surface area contributed by atoms with Gasteiger partial charge in [0.1, 0.15) is 11.1 Å². The molecule has 2 fully saturated rings. The molecule has 13 nitrogen and oxygen atoms in total. The Labute approximate surface area is 286 Å². The number of hydrogen-bond donors (Lipinski definition) is 2. The third kappa shape index (κ3) is 6.78. The van der Waals surface area contributed by atoms with E-state index in [2.05, 4.69) is 20.0 Å². The van der Waals surface area contributed by atoms with Crippen LogP contribution in [0.3, 0.4) is 0 Å². The minimum absolute atomic E-state index is 0.0496. The molecular weight excluding hydrogens is 648 g/mol. The van der Waals surface area contributed by atoms with E-state index in [4.69, 9.17) is 9.47 Å². The van der Waals surface area contributed by atoms with Crippen molar-refractivity contribution < 1.29 is 32.3 Å². The molecule has 14 heteroatoms. The highest BCUT2D eigenvalue weighted by Gasteiger charge is 2.51. The van der Waals surface area contributed by atoms with Gasteiger partial charge in [-0.1, -0.05) is 24.3 Å². The minimum atomic E-state index is -4.17. The Hall–Kier alpha value is -4.72. The largest absolute Gasteiger partial charge is 0.451 e. The first-order valence-corrected chi connectivity index (χ1v) is 17.9. The lowest BCUT2D eigenvalue weighted by Crippen LogP contribution is -2.63. The highest BCUT2D eigenvalue weighted by molar-refractivity contribution is 7.92. The third-order valence-electron chi connectivity index (χ3n) is 9.29. The SMILES string of the molecule is Cc1cccc(C)c1-c1cc2nc(n1)NS(=O)(=O)c1cccc(c1)C(=O)NC1(CCN(C(=O)[C@]3(C)CCCN3C(=O)OC(C)(C)C)CC1)O2. The van der Waals surface area contributed by atoms with E-state index >= 15 is 0 Å². The first-order valence-electron chi connectivity index (χ1n) is 16.4. The Morgan fingerprint density at radius 2 is 1.63 bits per heavy atom. The lowest BCUT2D eigenvalue weighted by Gasteiger charge is -2.45. The zero-order valence-electron chi connectivity index (χ0n) is 28.6. The second kappa shape index (κ2) is 12.3. The van der Waals surface area contributed by atoms with Crippen LogP contribution in [0.1, 0.15) is 74.9 Å². The van der Waals surface area contributed by atoms with Crippen LogP contribution in [-0.4, -0.2) is 82.6 Å². The van der Waals surface area contributed by atoms with E-state index in [-0.39, 0.29) is 54.1 Å². The van der Waals surface area contributed by atoms with Crippen molar-refractivity contribution in [2.24, 2.45) is 0 Å². The molecule has 3 amide bonds. The number of benzene rings is 2. The van der Waals surface area contributed by atoms with Gasteiger partial charge >= 0.3 is 6.09 Å². The van der Waals surface area contributed by atoms with Crippen LogP contribution in [0, 0.1) is 13.8 Å². The molecule has 1 aromatic heterocycles. The van der Waals surface area contributed by atoms with E-state index in [0.29, 0.717) is 25.1 Å². The number of rotatable bonds is 2. The summed E-state index contributed by atoms with van der Waals surface area (Å²) in [6, 6.07) is 13.1. The number of piperidine rings is 1. The molecule has 4 heterocycles. The number of aromatic nitrogens is 2. The summed E-state index contributed by atoms with van der Waals surface area (Å²) in [6.07, 6.45) is 1.02. The van der Waals surface area contributed by atoms with E-state index in [9.17, 15) is 22.8 Å². The van der Waals surface area contributed by atoms with E-state index in [1.807, 2.05) is 32.0 Å². The predicted octanol–water partition coefficient (Wildman–Crippen LogP) is 4.79. The smallest absolute Gasteiger partial charge is 0.411 e. The van der Waals surface area contributed by atoms with Crippen molar-refractivity contribution in [2.45, 2.75) is 89.0 Å². The average molecular weight is 691 g/mol. The van der Waals surface area contributed by atoms with Crippen LogP contribution >= 0.6 is 0 Å². The van der Waals surface area contributed by atoms with E-state index in [0.717, 1.165) is 16.7 Å². The Balaban J connectivity index is 1.35. The van der Waals surface area contributed by atoms with Crippen LogP contribution in [0.4, 0.5) is 10.7 Å². The van der Waals surface area contributed by atoms with Crippen molar-refractivity contribution in [3.63, 3.8) is 0 Å². The zero-order valence-corrected chi connectivity index (χ0v) is 29.4. The molecule has 0 aliphatic carbocycles. The maximum absolute atomic E-state index is 14.1. The summed E-state index contributed by atoms with van der Waals surface area (Å²) in [6.45, 7) is 11.8. The Bertz CT molecular complexity index is 1910. The van der Waals surface area contributed by atoms with Gasteiger partial charge in [-0.15, -0.1) is 0 Å². The topological polar surface area (TPSA) is 160 Å². The number of anilines is 1. The van der Waals surface area contributed by atoms with Crippen LogP contribution < -0.4 is 14.8 Å². The summed E-state index contributed by atoms with van der Waals surface area (Å²) in [5.41, 5.74) is 0.0952. The Kier molecular flexibility index (Phi) is 8.58. The van der Waals surface area contributed by atoms with Crippen LogP contribution in [0.5, 0.6) is 5.88 Å². The second-order valence-electron chi connectivity index (χ2n) is 14.2. The molecule has 3 aliphatic rings. The molecule has 2 N–H and O–H groups in total. The summed E-state index contributed by atoms with van der Waals surface area (Å²) in [7, 11) is -4.17. The molecule has 0 unspecified atom stereocenters. The number of ether oxygens (including phenoxy) is 2. The summed E-state index contributed by atoms with van der Waals surface area (Å²) in [4.78, 5) is 53.0. The molecular formula is C35H42N6O7S. The molecule has 3 aliphatic heterocycles. The monoisotopic (exact) mass is 690 g/mol. The van der Waals surface area contributed by atoms with Gasteiger partial charge < -0.3 is 19.7 Å². The molecule has 2 saturated heterocycles. The molecule has 0 saturated carbocycles. The maximum Gasteiger partial charge on any atom is 0.411 e. The molecule has 1 spiro atoms. The van der Waals surface area contributed by atoms with Crippen LogP contribution in [0.15, 0.2) is 53.4 Å². The number of nitrogens with one attached hydrogen (secondary N) is 2. The van der Waals surface area contributed by atoms with Crippen molar-refractivity contribution in [2.75, 3.05) is 24.4 Å². The van der Waals surface area contributed by atoms with Crippen LogP contribution in [-0.2, 0) is 19.6 Å². The molecule has 1 atom stereocenters. The van der Waals surface area contributed by atoms with Crippen molar-refractivity contribution >= 4 is 33.9 Å². The van der Waals surface area contributed by atoms with Gasteiger partial charge in [0.15, 0.2) is 5.72 Å². The van der Waals surface area contributed by atoms with Gasteiger partial charge in [-0.2, -0.15) is 4.98 Å². The number of sulfonamides is 1. The zero-order chi connectivity index (χ0) is 35.4. The normalized spacial score (nSPS) is 21.5. The number of carbonyl (C=O) groups is 3. The fourth-order valence-corrected chi connectivity index (χ4v) is 7.78. The van der Waals surface area contributed by atoms with E-state index in [1.165, 1.54) is 29.2 Å². The van der Waals surface area contributed by atoms with Crippen molar-refractivity contribution in [3.05, 3.63) is 65.2 Å². The lowest BCUT2D eigenvalue weighted by atomic mass is 9.93. The standard InChI is InChI=1S/C35H42N6O7S/c1-22-10-7-11-23(2)28(22)26-21-27-37-31(36-26)39-49(45,46)25-13-8-12-24(20-25)29(42)38-35(47-27)15-18-40(19-16-35)30(43)34(6)14-9-17-41(34)32(44)48-33(3,4)5/h7-8,10-13,20-21H,9,14-19H2,1-6H3,(H,38,42)(H,36,37,39)/t34-/m0/s1. The van der Waals surface area contributed by atoms with Crippen molar-refractivity contribution in [3.8, 4) is 17.1 Å². The number of amides is 3.